The molecule has 2 aromatic carbocycles. The highest BCUT2D eigenvalue weighted by atomic mass is 19.1. The van der Waals surface area contributed by atoms with Crippen LogP contribution in [0.5, 0.6) is 17.2 Å². The first-order valence-electron chi connectivity index (χ1n) is 12.7. The lowest BCUT2D eigenvalue weighted by Crippen LogP contribution is -2.29. The van der Waals surface area contributed by atoms with E-state index in [9.17, 15) is 14.0 Å². The quantitative estimate of drug-likeness (QED) is 0.261. The Morgan fingerprint density at radius 1 is 1.10 bits per heavy atom. The molecule has 0 saturated carbocycles. The molecule has 0 atom stereocenters. The van der Waals surface area contributed by atoms with Gasteiger partial charge >= 0.3 is 0 Å². The van der Waals surface area contributed by atoms with Crippen molar-refractivity contribution in [1.82, 2.24) is 19.4 Å². The molecule has 0 radical (unpaired) electrons. The standard InChI is InChI=1S/C29H32FN7O4/c1-7-26(38)32-21-15-22(24(40-6)16-23(21)36(4)13-12-35(2)3)33-29-31-17-18-14-25(28(39)37(5)27(18)34-29)41-20-10-8-19(30)9-11-20/h7-11,14-17H,1,12-13H2,2-6H3,(H,32,38)(H,31,33,34). The molecule has 2 N–H and O–H groups in total. The van der Waals surface area contributed by atoms with Gasteiger partial charge in [0.2, 0.25) is 11.9 Å². The van der Waals surface area contributed by atoms with Crippen LogP contribution < -0.4 is 30.6 Å². The Kier molecular flexibility index (Phi) is 8.83. The molecule has 214 valence electrons. The molecule has 0 bridgehead atoms. The van der Waals surface area contributed by atoms with Crippen molar-refractivity contribution in [2.45, 2.75) is 0 Å². The maximum absolute atomic E-state index is 13.2. The zero-order chi connectivity index (χ0) is 29.7. The van der Waals surface area contributed by atoms with Crippen LogP contribution in [0.4, 0.5) is 27.4 Å². The SMILES string of the molecule is C=CC(=O)Nc1cc(Nc2ncc3cc(Oc4ccc(F)cc4)c(=O)n(C)c3n2)c(OC)cc1N(C)CCN(C)C. The summed E-state index contributed by atoms with van der Waals surface area (Å²) >= 11 is 0. The number of carbonyl (C=O) groups excluding carboxylic acids is 1. The molecular weight excluding hydrogens is 529 g/mol. The summed E-state index contributed by atoms with van der Waals surface area (Å²) in [7, 11) is 9.01. The van der Waals surface area contributed by atoms with Crippen molar-refractivity contribution >= 4 is 40.0 Å². The van der Waals surface area contributed by atoms with Gasteiger partial charge in [0.1, 0.15) is 23.0 Å². The first kappa shape index (κ1) is 29.0. The molecular formula is C29H32FN7O4. The van der Waals surface area contributed by atoms with Gasteiger partial charge in [-0.05, 0) is 56.6 Å². The van der Waals surface area contributed by atoms with Gasteiger partial charge in [-0.2, -0.15) is 4.98 Å². The Morgan fingerprint density at radius 2 is 1.83 bits per heavy atom. The van der Waals surface area contributed by atoms with E-state index in [4.69, 9.17) is 9.47 Å². The highest BCUT2D eigenvalue weighted by molar-refractivity contribution is 6.02. The number of hydrogen-bond acceptors (Lipinski definition) is 9. The van der Waals surface area contributed by atoms with Gasteiger partial charge < -0.3 is 29.9 Å². The number of aryl methyl sites for hydroxylation is 1. The molecule has 0 fully saturated rings. The number of carbonyl (C=O) groups is 1. The van der Waals surface area contributed by atoms with E-state index >= 15 is 0 Å². The number of benzene rings is 2. The number of methoxy groups -OCH3 is 1. The van der Waals surface area contributed by atoms with Gasteiger partial charge in [-0.1, -0.05) is 6.58 Å². The van der Waals surface area contributed by atoms with E-state index in [1.807, 2.05) is 32.1 Å². The Morgan fingerprint density at radius 3 is 2.49 bits per heavy atom. The molecule has 2 heterocycles. The number of halogens is 1. The molecule has 11 nitrogen and oxygen atoms in total. The summed E-state index contributed by atoms with van der Waals surface area (Å²) in [6, 6.07) is 10.4. The van der Waals surface area contributed by atoms with Gasteiger partial charge in [0.25, 0.3) is 5.56 Å². The number of pyridine rings is 1. The zero-order valence-corrected chi connectivity index (χ0v) is 23.6. The van der Waals surface area contributed by atoms with E-state index in [1.165, 1.54) is 41.0 Å². The predicted octanol–water partition coefficient (Wildman–Crippen LogP) is 4.13. The van der Waals surface area contributed by atoms with Crippen LogP contribution in [-0.4, -0.2) is 66.7 Å². The number of nitrogens with one attached hydrogen (secondary N) is 2. The zero-order valence-electron chi connectivity index (χ0n) is 23.6. The van der Waals surface area contributed by atoms with Gasteiger partial charge in [0.05, 0.1) is 24.2 Å². The summed E-state index contributed by atoms with van der Waals surface area (Å²) in [5.74, 6) is 0.300. The third-order valence-corrected chi connectivity index (χ3v) is 6.26. The number of fused-ring (bicyclic) bond motifs is 1. The van der Waals surface area contributed by atoms with E-state index in [2.05, 4.69) is 32.1 Å². The van der Waals surface area contributed by atoms with E-state index in [-0.39, 0.29) is 17.6 Å². The van der Waals surface area contributed by atoms with Gasteiger partial charge in [0, 0.05) is 44.8 Å². The average molecular weight is 562 g/mol. The average Bonchev–Trinajstić information content (AvgIpc) is 2.96. The summed E-state index contributed by atoms with van der Waals surface area (Å²) in [4.78, 5) is 38.3. The van der Waals surface area contributed by atoms with Gasteiger partial charge in [-0.3, -0.25) is 14.2 Å². The maximum atomic E-state index is 13.2. The van der Waals surface area contributed by atoms with Gasteiger partial charge in [0.15, 0.2) is 5.75 Å². The fraction of sp³-hybridized carbons (Fsp3) is 0.241. The second-order valence-corrected chi connectivity index (χ2v) is 9.51. The molecule has 1 amide bonds. The summed E-state index contributed by atoms with van der Waals surface area (Å²) in [6.07, 6.45) is 2.75. The number of ether oxygens (including phenoxy) is 2. The van der Waals surface area contributed by atoms with Crippen molar-refractivity contribution in [1.29, 1.82) is 0 Å². The molecule has 4 aromatic rings. The van der Waals surface area contributed by atoms with Crippen LogP contribution in [0.2, 0.25) is 0 Å². The molecule has 0 saturated heterocycles. The highest BCUT2D eigenvalue weighted by Crippen LogP contribution is 2.38. The number of likely N-dealkylation sites (N-methyl/N-ethyl adjacent to an activating group) is 2. The third kappa shape index (κ3) is 6.79. The fourth-order valence-electron chi connectivity index (χ4n) is 4.01. The fourth-order valence-corrected chi connectivity index (χ4v) is 4.01. The molecule has 0 unspecified atom stereocenters. The molecule has 2 aromatic heterocycles. The van der Waals surface area contributed by atoms with E-state index < -0.39 is 11.4 Å². The summed E-state index contributed by atoms with van der Waals surface area (Å²) in [5, 5.41) is 6.54. The van der Waals surface area contributed by atoms with E-state index in [1.54, 1.807) is 26.4 Å². The van der Waals surface area contributed by atoms with Crippen LogP contribution in [0, 0.1) is 5.82 Å². The predicted molar refractivity (Wildman–Crippen MR) is 158 cm³/mol. The first-order chi connectivity index (χ1) is 19.6. The van der Waals surface area contributed by atoms with Crippen molar-refractivity contribution in [3.05, 3.63) is 77.5 Å². The number of hydrogen-bond donors (Lipinski definition) is 2. The Bertz CT molecular complexity index is 1640. The van der Waals surface area contributed by atoms with Gasteiger partial charge in [-0.15, -0.1) is 0 Å². The number of amides is 1. The molecule has 0 spiro atoms. The molecule has 12 heteroatoms. The summed E-state index contributed by atoms with van der Waals surface area (Å²) in [5.41, 5.74) is 1.72. The lowest BCUT2D eigenvalue weighted by atomic mass is 10.2. The Labute approximate surface area is 236 Å². The topological polar surface area (TPSA) is 114 Å². The van der Waals surface area contributed by atoms with Crippen LogP contribution in [0.15, 0.2) is 66.1 Å². The number of rotatable bonds is 11. The normalized spacial score (nSPS) is 10.9. The first-order valence-corrected chi connectivity index (χ1v) is 12.7. The number of nitrogens with zero attached hydrogens (tertiary/aromatic N) is 5. The van der Waals surface area contributed by atoms with Crippen molar-refractivity contribution in [3.8, 4) is 17.2 Å². The monoisotopic (exact) mass is 561 g/mol. The van der Waals surface area contributed by atoms with Crippen LogP contribution in [-0.2, 0) is 11.8 Å². The second kappa shape index (κ2) is 12.5. The largest absolute Gasteiger partial charge is 0.494 e. The summed E-state index contributed by atoms with van der Waals surface area (Å²) in [6.45, 7) is 5.05. The van der Waals surface area contributed by atoms with Crippen molar-refractivity contribution in [2.24, 2.45) is 7.05 Å². The molecule has 41 heavy (non-hydrogen) atoms. The van der Waals surface area contributed by atoms with Crippen LogP contribution in [0.1, 0.15) is 0 Å². The Hall–Kier alpha value is -4.97. The number of aromatic nitrogens is 3. The lowest BCUT2D eigenvalue weighted by molar-refractivity contribution is -0.111. The Balaban J connectivity index is 1.69. The lowest BCUT2D eigenvalue weighted by Gasteiger charge is -2.26. The molecule has 0 aliphatic heterocycles. The van der Waals surface area contributed by atoms with Crippen LogP contribution >= 0.6 is 0 Å². The van der Waals surface area contributed by atoms with Crippen molar-refractivity contribution in [3.63, 3.8) is 0 Å². The molecule has 0 aliphatic rings. The van der Waals surface area contributed by atoms with Crippen LogP contribution in [0.3, 0.4) is 0 Å². The van der Waals surface area contributed by atoms with E-state index in [0.717, 1.165) is 12.2 Å². The number of anilines is 4. The molecule has 0 aliphatic carbocycles. The van der Waals surface area contributed by atoms with Gasteiger partial charge in [-0.25, -0.2) is 9.37 Å². The van der Waals surface area contributed by atoms with E-state index in [0.29, 0.717) is 40.5 Å². The maximum Gasteiger partial charge on any atom is 0.294 e. The summed E-state index contributed by atoms with van der Waals surface area (Å²) < 4.78 is 25.9. The van der Waals surface area contributed by atoms with Crippen molar-refractivity contribution in [2.75, 3.05) is 56.9 Å². The minimum Gasteiger partial charge on any atom is -0.494 e. The third-order valence-electron chi connectivity index (χ3n) is 6.26. The van der Waals surface area contributed by atoms with Crippen LogP contribution in [0.25, 0.3) is 11.0 Å². The minimum atomic E-state index is -0.427. The highest BCUT2D eigenvalue weighted by Gasteiger charge is 2.17. The molecule has 4 rings (SSSR count). The smallest absolute Gasteiger partial charge is 0.294 e. The minimum absolute atomic E-state index is 0.0502. The van der Waals surface area contributed by atoms with Crippen molar-refractivity contribution < 1.29 is 18.7 Å². The second-order valence-electron chi connectivity index (χ2n) is 9.51.